The van der Waals surface area contributed by atoms with Crippen LogP contribution in [0.1, 0.15) is 31.2 Å². The number of carbonyl (C=O) groups excluding carboxylic acids is 1. The van der Waals surface area contributed by atoms with E-state index in [0.717, 1.165) is 38.6 Å². The van der Waals surface area contributed by atoms with Crippen LogP contribution in [0.4, 0.5) is 0 Å². The molecule has 1 heterocycles. The van der Waals surface area contributed by atoms with Crippen molar-refractivity contribution in [2.24, 2.45) is 0 Å². The van der Waals surface area contributed by atoms with Gasteiger partial charge in [0.05, 0.1) is 6.61 Å². The number of carbonyl (C=O) groups is 1. The van der Waals surface area contributed by atoms with Crippen LogP contribution < -0.4 is 5.32 Å². The first-order valence-corrected chi connectivity index (χ1v) is 6.80. The second-order valence-corrected chi connectivity index (χ2v) is 4.76. The first kappa shape index (κ1) is 13.1. The molecule has 2 rings (SSSR count). The third kappa shape index (κ3) is 4.15. The normalized spacial score (nSPS) is 19.4. The van der Waals surface area contributed by atoms with Gasteiger partial charge in [-0.05, 0) is 37.8 Å². The summed E-state index contributed by atoms with van der Waals surface area (Å²) in [4.78, 5) is 11.7. The number of benzene rings is 1. The number of ether oxygens (including phenoxy) is 1. The predicted molar refractivity (Wildman–Crippen MR) is 71.4 cm³/mol. The third-order valence-electron chi connectivity index (χ3n) is 3.29. The summed E-state index contributed by atoms with van der Waals surface area (Å²) >= 11 is 0. The Bertz CT molecular complexity index is 358. The first-order chi connectivity index (χ1) is 8.86. The second kappa shape index (κ2) is 7.17. The Morgan fingerprint density at radius 1 is 1.28 bits per heavy atom. The van der Waals surface area contributed by atoms with Gasteiger partial charge in [0.2, 0.25) is 0 Å². The van der Waals surface area contributed by atoms with Gasteiger partial charge in [-0.2, -0.15) is 0 Å². The number of esters is 1. The monoisotopic (exact) mass is 247 g/mol. The average molecular weight is 247 g/mol. The Kier molecular flexibility index (Phi) is 5.21. The summed E-state index contributed by atoms with van der Waals surface area (Å²) in [6, 6.07) is 10.2. The molecule has 0 unspecified atom stereocenters. The van der Waals surface area contributed by atoms with Gasteiger partial charge in [-0.1, -0.05) is 36.8 Å². The quantitative estimate of drug-likeness (QED) is 0.641. The fourth-order valence-corrected chi connectivity index (χ4v) is 2.25. The maximum absolute atomic E-state index is 11.7. The summed E-state index contributed by atoms with van der Waals surface area (Å²) in [6.07, 6.45) is 5.06. The van der Waals surface area contributed by atoms with E-state index < -0.39 is 0 Å². The summed E-state index contributed by atoms with van der Waals surface area (Å²) in [7, 11) is 0. The molecule has 18 heavy (non-hydrogen) atoms. The number of rotatable bonds is 5. The van der Waals surface area contributed by atoms with Crippen molar-refractivity contribution >= 4 is 5.97 Å². The van der Waals surface area contributed by atoms with Crippen LogP contribution in [-0.4, -0.2) is 25.2 Å². The summed E-state index contributed by atoms with van der Waals surface area (Å²) in [5.74, 6) is -0.0808. The molecule has 1 fully saturated rings. The lowest BCUT2D eigenvalue weighted by molar-refractivity contribution is -0.146. The lowest BCUT2D eigenvalue weighted by atomic mass is 10.1. The van der Waals surface area contributed by atoms with Gasteiger partial charge < -0.3 is 10.1 Å². The average Bonchev–Trinajstić information content (AvgIpc) is 2.45. The zero-order valence-electron chi connectivity index (χ0n) is 10.7. The number of hydrogen-bond acceptors (Lipinski definition) is 3. The SMILES string of the molecule is O=C(OCCCc1ccccc1)[C@@H]1CCCCN1. The molecule has 0 spiro atoms. The number of nitrogens with one attached hydrogen (secondary N) is 1. The van der Waals surface area contributed by atoms with Crippen molar-refractivity contribution in [3.05, 3.63) is 35.9 Å². The van der Waals surface area contributed by atoms with Gasteiger partial charge in [0, 0.05) is 0 Å². The van der Waals surface area contributed by atoms with Gasteiger partial charge in [-0.15, -0.1) is 0 Å². The van der Waals surface area contributed by atoms with E-state index in [4.69, 9.17) is 4.74 Å². The molecule has 1 saturated heterocycles. The third-order valence-corrected chi connectivity index (χ3v) is 3.29. The topological polar surface area (TPSA) is 38.3 Å². The first-order valence-electron chi connectivity index (χ1n) is 6.80. The minimum atomic E-state index is -0.0808. The van der Waals surface area contributed by atoms with Gasteiger partial charge in [0.25, 0.3) is 0 Å². The molecule has 98 valence electrons. The van der Waals surface area contributed by atoms with Crippen molar-refractivity contribution < 1.29 is 9.53 Å². The summed E-state index contributed by atoms with van der Waals surface area (Å²) < 4.78 is 5.30. The highest BCUT2D eigenvalue weighted by atomic mass is 16.5. The zero-order chi connectivity index (χ0) is 12.6. The van der Waals surface area contributed by atoms with Crippen LogP contribution in [0.15, 0.2) is 30.3 Å². The van der Waals surface area contributed by atoms with Crippen LogP contribution in [-0.2, 0) is 16.0 Å². The van der Waals surface area contributed by atoms with E-state index in [2.05, 4.69) is 17.4 Å². The molecular weight excluding hydrogens is 226 g/mol. The maximum atomic E-state index is 11.7. The van der Waals surface area contributed by atoms with Crippen molar-refractivity contribution in [2.45, 2.75) is 38.1 Å². The highest BCUT2D eigenvalue weighted by molar-refractivity contribution is 5.75. The van der Waals surface area contributed by atoms with E-state index in [1.165, 1.54) is 5.56 Å². The molecule has 1 N–H and O–H groups in total. The van der Waals surface area contributed by atoms with E-state index in [9.17, 15) is 4.79 Å². The molecule has 1 aromatic rings. The molecule has 1 aliphatic heterocycles. The van der Waals surface area contributed by atoms with Crippen LogP contribution in [0.3, 0.4) is 0 Å². The van der Waals surface area contributed by atoms with Crippen LogP contribution >= 0.6 is 0 Å². The summed E-state index contributed by atoms with van der Waals surface area (Å²) in [5.41, 5.74) is 1.30. The standard InChI is InChI=1S/C15H21NO2/c17-15(14-10-4-5-11-16-14)18-12-6-9-13-7-2-1-3-8-13/h1-3,7-8,14,16H,4-6,9-12H2/t14-/m0/s1. The highest BCUT2D eigenvalue weighted by Gasteiger charge is 2.21. The number of aryl methyl sites for hydroxylation is 1. The van der Waals surface area contributed by atoms with Gasteiger partial charge >= 0.3 is 5.97 Å². The van der Waals surface area contributed by atoms with Crippen molar-refractivity contribution in [1.82, 2.24) is 5.32 Å². The second-order valence-electron chi connectivity index (χ2n) is 4.76. The molecule has 1 aliphatic rings. The van der Waals surface area contributed by atoms with Gasteiger partial charge in [-0.3, -0.25) is 4.79 Å². The molecule has 3 nitrogen and oxygen atoms in total. The summed E-state index contributed by atoms with van der Waals surface area (Å²) in [6.45, 7) is 1.45. The Hall–Kier alpha value is -1.35. The molecule has 0 aromatic heterocycles. The molecule has 1 atom stereocenters. The zero-order valence-corrected chi connectivity index (χ0v) is 10.7. The van der Waals surface area contributed by atoms with Crippen molar-refractivity contribution in [1.29, 1.82) is 0 Å². The van der Waals surface area contributed by atoms with E-state index in [0.29, 0.717) is 6.61 Å². The van der Waals surface area contributed by atoms with E-state index in [1.807, 2.05) is 18.2 Å². The Balaban J connectivity index is 1.61. The fraction of sp³-hybridized carbons (Fsp3) is 0.533. The van der Waals surface area contributed by atoms with Crippen LogP contribution in [0.2, 0.25) is 0 Å². The number of hydrogen-bond donors (Lipinski definition) is 1. The molecule has 0 saturated carbocycles. The van der Waals surface area contributed by atoms with Crippen LogP contribution in [0.5, 0.6) is 0 Å². The molecule has 0 bridgehead atoms. The van der Waals surface area contributed by atoms with Gasteiger partial charge in [-0.25, -0.2) is 0 Å². The Morgan fingerprint density at radius 2 is 2.11 bits per heavy atom. The summed E-state index contributed by atoms with van der Waals surface area (Å²) in [5, 5.41) is 3.20. The largest absolute Gasteiger partial charge is 0.465 e. The van der Waals surface area contributed by atoms with Crippen molar-refractivity contribution in [3.63, 3.8) is 0 Å². The molecule has 1 aromatic carbocycles. The van der Waals surface area contributed by atoms with Crippen molar-refractivity contribution in [3.8, 4) is 0 Å². The van der Waals surface area contributed by atoms with Crippen LogP contribution in [0, 0.1) is 0 Å². The molecule has 0 aliphatic carbocycles. The number of piperidine rings is 1. The lowest BCUT2D eigenvalue weighted by Gasteiger charge is -2.21. The molecule has 3 heteroatoms. The lowest BCUT2D eigenvalue weighted by Crippen LogP contribution is -2.41. The molecule has 0 radical (unpaired) electrons. The minimum Gasteiger partial charge on any atom is -0.465 e. The maximum Gasteiger partial charge on any atom is 0.323 e. The highest BCUT2D eigenvalue weighted by Crippen LogP contribution is 2.09. The van der Waals surface area contributed by atoms with Crippen molar-refractivity contribution in [2.75, 3.05) is 13.2 Å². The minimum absolute atomic E-state index is 0.0736. The van der Waals surface area contributed by atoms with Gasteiger partial charge in [0.1, 0.15) is 6.04 Å². The molecule has 0 amide bonds. The smallest absolute Gasteiger partial charge is 0.323 e. The van der Waals surface area contributed by atoms with E-state index >= 15 is 0 Å². The van der Waals surface area contributed by atoms with Crippen LogP contribution in [0.25, 0.3) is 0 Å². The van der Waals surface area contributed by atoms with E-state index in [1.54, 1.807) is 0 Å². The molecular formula is C15H21NO2. The fourth-order valence-electron chi connectivity index (χ4n) is 2.25. The Morgan fingerprint density at radius 3 is 2.83 bits per heavy atom. The Labute approximate surface area is 109 Å². The van der Waals surface area contributed by atoms with Gasteiger partial charge in [0.15, 0.2) is 0 Å². The predicted octanol–water partition coefficient (Wildman–Crippen LogP) is 2.30. The van der Waals surface area contributed by atoms with E-state index in [-0.39, 0.29) is 12.0 Å².